The number of halogens is 5. The van der Waals surface area contributed by atoms with Gasteiger partial charge in [0.1, 0.15) is 17.5 Å². The molecule has 2 aromatic rings. The number of sulfonamides is 1. The molecule has 1 heterocycles. The van der Waals surface area contributed by atoms with E-state index >= 15 is 4.39 Å². The van der Waals surface area contributed by atoms with Crippen LogP contribution in [0, 0.1) is 22.9 Å². The Labute approximate surface area is 205 Å². The number of nitrogens with one attached hydrogen (secondary N) is 1. The van der Waals surface area contributed by atoms with Crippen LogP contribution < -0.4 is 4.72 Å². The van der Waals surface area contributed by atoms with Crippen molar-refractivity contribution < 1.29 is 39.9 Å². The number of likely N-dealkylation sites (tertiary alicyclic amines) is 1. The Morgan fingerprint density at radius 3 is 2.44 bits per heavy atom. The number of ether oxygens (including phenoxy) is 1. The minimum Gasteiger partial charge on any atom is -0.381 e. The van der Waals surface area contributed by atoms with Crippen molar-refractivity contribution in [2.45, 2.75) is 37.5 Å². The quantitative estimate of drug-likeness (QED) is 0.502. The highest BCUT2D eigenvalue weighted by atomic mass is 32.2. The van der Waals surface area contributed by atoms with Crippen LogP contribution in [-0.2, 0) is 26.0 Å². The zero-order valence-electron chi connectivity index (χ0n) is 19.3. The highest BCUT2D eigenvalue weighted by Gasteiger charge is 2.61. The first-order valence-electron chi connectivity index (χ1n) is 11.2. The van der Waals surface area contributed by atoms with Gasteiger partial charge in [-0.3, -0.25) is 4.79 Å². The molecular formula is C24H25F5N2O4S. The molecule has 2 aliphatic rings. The van der Waals surface area contributed by atoms with E-state index in [9.17, 15) is 30.8 Å². The Balaban J connectivity index is 1.73. The number of rotatable bonds is 9. The molecule has 1 saturated heterocycles. The first-order chi connectivity index (χ1) is 17.0. The lowest BCUT2D eigenvalue weighted by Crippen LogP contribution is -2.51. The number of alkyl halides is 2. The monoisotopic (exact) mass is 532 g/mol. The normalized spacial score (nSPS) is 21.7. The van der Waals surface area contributed by atoms with E-state index in [0.717, 1.165) is 17.0 Å². The first-order valence-corrected chi connectivity index (χ1v) is 12.9. The van der Waals surface area contributed by atoms with Crippen molar-refractivity contribution >= 4 is 15.9 Å². The maximum absolute atomic E-state index is 15.6. The third kappa shape index (κ3) is 5.25. The smallest absolute Gasteiger partial charge is 0.259 e. The van der Waals surface area contributed by atoms with E-state index in [2.05, 4.69) is 4.72 Å². The van der Waals surface area contributed by atoms with Gasteiger partial charge in [-0.25, -0.2) is 35.1 Å². The van der Waals surface area contributed by atoms with Gasteiger partial charge in [0.05, 0.1) is 12.6 Å². The number of methoxy groups -OCH3 is 1. The maximum Gasteiger partial charge on any atom is 0.259 e. The fraction of sp³-hybridized carbons (Fsp3) is 0.458. The topological polar surface area (TPSA) is 75.7 Å². The van der Waals surface area contributed by atoms with Gasteiger partial charge < -0.3 is 9.64 Å². The second kappa shape index (κ2) is 10.1. The number of benzene rings is 2. The van der Waals surface area contributed by atoms with Crippen LogP contribution in [-0.4, -0.2) is 63.7 Å². The SMILES string of the molecule is COCC(F)C(=O)N1CC2(CC2)[C@H](NS(=O)(=O)CF)[C@@H]1Cc1cccc(-c2cc(F)cc(F)c2)c1F. The minimum absolute atomic E-state index is 0.0104. The summed E-state index contributed by atoms with van der Waals surface area (Å²) in [5.74, 6) is -3.57. The number of carbonyl (C=O) groups excluding carboxylic acids is 1. The van der Waals surface area contributed by atoms with Crippen LogP contribution in [0.5, 0.6) is 0 Å². The van der Waals surface area contributed by atoms with Crippen LogP contribution in [0.3, 0.4) is 0 Å². The van der Waals surface area contributed by atoms with Crippen LogP contribution in [0.4, 0.5) is 22.0 Å². The summed E-state index contributed by atoms with van der Waals surface area (Å²) in [5.41, 5.74) is -0.867. The number of hydrogen-bond acceptors (Lipinski definition) is 4. The van der Waals surface area contributed by atoms with Crippen LogP contribution in [0.1, 0.15) is 18.4 Å². The largest absolute Gasteiger partial charge is 0.381 e. The predicted molar refractivity (Wildman–Crippen MR) is 121 cm³/mol. The van der Waals surface area contributed by atoms with Gasteiger partial charge in [0, 0.05) is 36.7 Å². The molecule has 1 amide bonds. The molecule has 12 heteroatoms. The standard InChI is InChI=1S/C24H25F5N2O4S/c1-35-11-19(28)23(32)31-12-24(5-6-24)22(30-36(33,34)13-25)20(31)9-14-3-2-4-18(21(14)29)15-7-16(26)10-17(27)8-15/h2-4,7-8,10,19-20,22,30H,5-6,9,11-13H2,1H3/t19?,20-,22+/m0/s1. The number of nitrogens with zero attached hydrogens (tertiary/aromatic N) is 1. The molecule has 1 saturated carbocycles. The summed E-state index contributed by atoms with van der Waals surface area (Å²) in [6.45, 7) is -0.512. The van der Waals surface area contributed by atoms with Gasteiger partial charge in [-0.15, -0.1) is 0 Å². The van der Waals surface area contributed by atoms with Crippen molar-refractivity contribution in [1.82, 2.24) is 9.62 Å². The first kappa shape index (κ1) is 26.5. The van der Waals surface area contributed by atoms with E-state index in [0.29, 0.717) is 18.9 Å². The van der Waals surface area contributed by atoms with Crippen LogP contribution in [0.25, 0.3) is 11.1 Å². The molecule has 0 radical (unpaired) electrons. The van der Waals surface area contributed by atoms with Crippen LogP contribution >= 0.6 is 0 Å². The molecule has 1 aliphatic heterocycles. The van der Waals surface area contributed by atoms with E-state index in [1.165, 1.54) is 25.3 Å². The van der Waals surface area contributed by atoms with Crippen molar-refractivity contribution in [2.24, 2.45) is 5.41 Å². The summed E-state index contributed by atoms with van der Waals surface area (Å²) >= 11 is 0. The van der Waals surface area contributed by atoms with Gasteiger partial charge >= 0.3 is 0 Å². The molecule has 0 aromatic heterocycles. The predicted octanol–water partition coefficient (Wildman–Crippen LogP) is 3.50. The molecule has 1 N–H and O–H groups in total. The number of hydrogen-bond donors (Lipinski definition) is 1. The summed E-state index contributed by atoms with van der Waals surface area (Å²) in [6.07, 6.45) is -1.25. The molecular weight excluding hydrogens is 507 g/mol. The molecule has 4 rings (SSSR count). The van der Waals surface area contributed by atoms with Crippen molar-refractivity contribution in [3.8, 4) is 11.1 Å². The highest BCUT2D eigenvalue weighted by molar-refractivity contribution is 7.89. The molecule has 2 fully saturated rings. The average molecular weight is 533 g/mol. The summed E-state index contributed by atoms with van der Waals surface area (Å²) in [4.78, 5) is 14.1. The lowest BCUT2D eigenvalue weighted by atomic mass is 9.91. The van der Waals surface area contributed by atoms with Crippen molar-refractivity contribution in [2.75, 3.05) is 26.3 Å². The minimum atomic E-state index is -4.36. The van der Waals surface area contributed by atoms with Crippen molar-refractivity contribution in [1.29, 1.82) is 0 Å². The number of amides is 1. The highest BCUT2D eigenvalue weighted by Crippen LogP contribution is 2.55. The fourth-order valence-corrected chi connectivity index (χ4v) is 5.82. The Morgan fingerprint density at radius 1 is 1.19 bits per heavy atom. The lowest BCUT2D eigenvalue weighted by molar-refractivity contribution is -0.139. The van der Waals surface area contributed by atoms with Gasteiger partial charge in [-0.05, 0) is 42.5 Å². The van der Waals surface area contributed by atoms with Crippen molar-refractivity contribution in [3.63, 3.8) is 0 Å². The summed E-state index contributed by atoms with van der Waals surface area (Å²) in [6, 6.07) is 3.04. The molecule has 36 heavy (non-hydrogen) atoms. The maximum atomic E-state index is 15.6. The molecule has 1 unspecified atom stereocenters. The van der Waals surface area contributed by atoms with Crippen LogP contribution in [0.2, 0.25) is 0 Å². The summed E-state index contributed by atoms with van der Waals surface area (Å²) in [7, 11) is -3.14. The Morgan fingerprint density at radius 2 is 1.86 bits per heavy atom. The van der Waals surface area contributed by atoms with E-state index in [1.54, 1.807) is 0 Å². The summed E-state index contributed by atoms with van der Waals surface area (Å²) in [5, 5.41) is 0. The fourth-order valence-electron chi connectivity index (χ4n) is 4.96. The number of carbonyl (C=O) groups is 1. The molecule has 1 spiro atoms. The average Bonchev–Trinajstić information content (AvgIpc) is 3.54. The van der Waals surface area contributed by atoms with Gasteiger partial charge in [0.25, 0.3) is 5.91 Å². The van der Waals surface area contributed by atoms with Crippen molar-refractivity contribution in [3.05, 3.63) is 59.4 Å². The zero-order valence-corrected chi connectivity index (χ0v) is 20.1. The van der Waals surface area contributed by atoms with Gasteiger partial charge in [-0.2, -0.15) is 0 Å². The van der Waals surface area contributed by atoms with Gasteiger partial charge in [-0.1, -0.05) is 18.2 Å². The Hall–Kier alpha value is -2.57. The van der Waals surface area contributed by atoms with Gasteiger partial charge in [0.2, 0.25) is 22.2 Å². The van der Waals surface area contributed by atoms with E-state index in [4.69, 9.17) is 4.74 Å². The molecule has 0 bridgehead atoms. The van der Waals surface area contributed by atoms with E-state index < -0.39 is 69.7 Å². The molecule has 2 aromatic carbocycles. The van der Waals surface area contributed by atoms with Gasteiger partial charge in [0.15, 0.2) is 0 Å². The van der Waals surface area contributed by atoms with E-state index in [1.807, 2.05) is 0 Å². The Kier molecular flexibility index (Phi) is 7.40. The second-order valence-corrected chi connectivity index (χ2v) is 11.0. The Bertz CT molecular complexity index is 1230. The van der Waals surface area contributed by atoms with E-state index in [-0.39, 0.29) is 29.7 Å². The third-order valence-corrected chi connectivity index (χ3v) is 7.72. The zero-order chi connectivity index (χ0) is 26.3. The van der Waals surface area contributed by atoms with Crippen LogP contribution in [0.15, 0.2) is 36.4 Å². The molecule has 1 aliphatic carbocycles. The summed E-state index contributed by atoms with van der Waals surface area (Å²) < 4.78 is 102. The molecule has 6 nitrogen and oxygen atoms in total. The third-order valence-electron chi connectivity index (χ3n) is 6.82. The lowest BCUT2D eigenvalue weighted by Gasteiger charge is -2.30. The molecule has 196 valence electrons. The molecule has 3 atom stereocenters. The second-order valence-electron chi connectivity index (χ2n) is 9.28.